The van der Waals surface area contributed by atoms with Crippen molar-refractivity contribution in [1.82, 2.24) is 0 Å². The van der Waals surface area contributed by atoms with Gasteiger partial charge < -0.3 is 16.2 Å². The average molecular weight is 236 g/mol. The van der Waals surface area contributed by atoms with E-state index >= 15 is 0 Å². The molecule has 94 valence electrons. The molecule has 4 nitrogen and oxygen atoms in total. The lowest BCUT2D eigenvalue weighted by atomic mass is 10.1. The molecule has 0 aromatic heterocycles. The maximum atomic E-state index is 11.3. The van der Waals surface area contributed by atoms with Gasteiger partial charge >= 0.3 is 0 Å². The standard InChI is InChI=1S/C13H20N2O2/c1-8(2)10(14)7-17-11-6-4-5-9(3)12(11)13(15)16/h4-6,8,10H,7,14H2,1-3H3,(H2,15,16). The SMILES string of the molecule is Cc1cccc(OCC(N)C(C)C)c1C(N)=O. The molecule has 4 heteroatoms. The molecule has 4 N–H and O–H groups in total. The summed E-state index contributed by atoms with van der Waals surface area (Å²) < 4.78 is 5.58. The fraction of sp³-hybridized carbons (Fsp3) is 0.462. The second-order valence-corrected chi connectivity index (χ2v) is 4.53. The van der Waals surface area contributed by atoms with E-state index < -0.39 is 5.91 Å². The zero-order valence-electron chi connectivity index (χ0n) is 10.6. The molecule has 0 aliphatic rings. The number of benzene rings is 1. The third-order valence-corrected chi connectivity index (χ3v) is 2.77. The van der Waals surface area contributed by atoms with Crippen LogP contribution in [0.1, 0.15) is 29.8 Å². The number of rotatable bonds is 5. The second-order valence-electron chi connectivity index (χ2n) is 4.53. The zero-order chi connectivity index (χ0) is 13.0. The number of ether oxygens (including phenoxy) is 1. The van der Waals surface area contributed by atoms with E-state index in [0.717, 1.165) is 5.56 Å². The number of primary amides is 1. The first-order chi connectivity index (χ1) is 7.93. The predicted octanol–water partition coefficient (Wildman–Crippen LogP) is 1.46. The molecule has 0 spiro atoms. The fourth-order valence-electron chi connectivity index (χ4n) is 1.46. The van der Waals surface area contributed by atoms with Crippen molar-refractivity contribution in [2.45, 2.75) is 26.8 Å². The maximum absolute atomic E-state index is 11.3. The minimum atomic E-state index is -0.476. The van der Waals surface area contributed by atoms with Gasteiger partial charge in [-0.1, -0.05) is 26.0 Å². The van der Waals surface area contributed by atoms with Crippen LogP contribution in [-0.2, 0) is 0 Å². The normalized spacial score (nSPS) is 12.5. The van der Waals surface area contributed by atoms with Gasteiger partial charge in [-0.15, -0.1) is 0 Å². The van der Waals surface area contributed by atoms with E-state index in [9.17, 15) is 4.79 Å². The van der Waals surface area contributed by atoms with Crippen LogP contribution in [0, 0.1) is 12.8 Å². The third-order valence-electron chi connectivity index (χ3n) is 2.77. The largest absolute Gasteiger partial charge is 0.491 e. The number of amides is 1. The van der Waals surface area contributed by atoms with Crippen molar-refractivity contribution in [3.63, 3.8) is 0 Å². The Kier molecular flexibility index (Phi) is 4.52. The fourth-order valence-corrected chi connectivity index (χ4v) is 1.46. The molecule has 0 radical (unpaired) electrons. The molecular weight excluding hydrogens is 216 g/mol. The van der Waals surface area contributed by atoms with Crippen LogP contribution >= 0.6 is 0 Å². The van der Waals surface area contributed by atoms with Crippen LogP contribution < -0.4 is 16.2 Å². The molecule has 1 amide bonds. The van der Waals surface area contributed by atoms with Gasteiger partial charge in [0.05, 0.1) is 5.56 Å². The van der Waals surface area contributed by atoms with Gasteiger partial charge in [0.25, 0.3) is 5.91 Å². The molecule has 1 aromatic carbocycles. The van der Waals surface area contributed by atoms with Gasteiger partial charge in [-0.05, 0) is 24.5 Å². The monoisotopic (exact) mass is 236 g/mol. The van der Waals surface area contributed by atoms with E-state index in [2.05, 4.69) is 0 Å². The van der Waals surface area contributed by atoms with Crippen molar-refractivity contribution >= 4 is 5.91 Å². The highest BCUT2D eigenvalue weighted by atomic mass is 16.5. The van der Waals surface area contributed by atoms with Crippen LogP contribution in [-0.4, -0.2) is 18.6 Å². The van der Waals surface area contributed by atoms with Gasteiger partial charge in [0, 0.05) is 6.04 Å². The number of hydrogen-bond donors (Lipinski definition) is 2. The van der Waals surface area contributed by atoms with Crippen molar-refractivity contribution in [2.24, 2.45) is 17.4 Å². The van der Waals surface area contributed by atoms with E-state index in [4.69, 9.17) is 16.2 Å². The minimum Gasteiger partial charge on any atom is -0.491 e. The lowest BCUT2D eigenvalue weighted by Gasteiger charge is -2.18. The van der Waals surface area contributed by atoms with Crippen molar-refractivity contribution in [1.29, 1.82) is 0 Å². The molecule has 1 unspecified atom stereocenters. The van der Waals surface area contributed by atoms with E-state index in [-0.39, 0.29) is 6.04 Å². The lowest BCUT2D eigenvalue weighted by Crippen LogP contribution is -2.33. The Bertz CT molecular complexity index is 402. The van der Waals surface area contributed by atoms with Gasteiger partial charge in [0.15, 0.2) is 0 Å². The van der Waals surface area contributed by atoms with Crippen LogP contribution in [0.4, 0.5) is 0 Å². The van der Waals surface area contributed by atoms with E-state index in [1.54, 1.807) is 6.07 Å². The molecular formula is C13H20N2O2. The highest BCUT2D eigenvalue weighted by molar-refractivity contribution is 5.97. The summed E-state index contributed by atoms with van der Waals surface area (Å²) in [6, 6.07) is 5.34. The Morgan fingerprint density at radius 3 is 2.59 bits per heavy atom. The first kappa shape index (κ1) is 13.5. The molecule has 0 aliphatic carbocycles. The quantitative estimate of drug-likeness (QED) is 0.812. The number of carbonyl (C=O) groups excluding carboxylic acids is 1. The maximum Gasteiger partial charge on any atom is 0.252 e. The van der Waals surface area contributed by atoms with Crippen LogP contribution in [0.5, 0.6) is 5.75 Å². The Hall–Kier alpha value is -1.55. The smallest absolute Gasteiger partial charge is 0.252 e. The summed E-state index contributed by atoms with van der Waals surface area (Å²) in [5.41, 5.74) is 12.5. The molecule has 0 heterocycles. The molecule has 0 saturated carbocycles. The van der Waals surface area contributed by atoms with Crippen molar-refractivity contribution in [2.75, 3.05) is 6.61 Å². The molecule has 0 saturated heterocycles. The van der Waals surface area contributed by atoms with Gasteiger partial charge in [0.2, 0.25) is 0 Å². The molecule has 1 atom stereocenters. The molecule has 1 aromatic rings. The van der Waals surface area contributed by atoms with Gasteiger partial charge in [-0.2, -0.15) is 0 Å². The summed E-state index contributed by atoms with van der Waals surface area (Å²) >= 11 is 0. The van der Waals surface area contributed by atoms with Crippen molar-refractivity contribution in [3.05, 3.63) is 29.3 Å². The summed E-state index contributed by atoms with van der Waals surface area (Å²) in [6.45, 7) is 6.26. The summed E-state index contributed by atoms with van der Waals surface area (Å²) in [7, 11) is 0. The topological polar surface area (TPSA) is 78.3 Å². The van der Waals surface area contributed by atoms with Gasteiger partial charge in [-0.3, -0.25) is 4.79 Å². The molecule has 1 rings (SSSR count). The Balaban J connectivity index is 2.84. The van der Waals surface area contributed by atoms with E-state index in [0.29, 0.717) is 23.8 Å². The number of nitrogens with two attached hydrogens (primary N) is 2. The molecule has 0 bridgehead atoms. The highest BCUT2D eigenvalue weighted by Gasteiger charge is 2.14. The highest BCUT2D eigenvalue weighted by Crippen LogP contribution is 2.21. The molecule has 0 fully saturated rings. The summed E-state index contributed by atoms with van der Waals surface area (Å²) in [4.78, 5) is 11.3. The average Bonchev–Trinajstić information content (AvgIpc) is 2.24. The molecule has 0 aliphatic heterocycles. The Morgan fingerprint density at radius 2 is 2.06 bits per heavy atom. The Morgan fingerprint density at radius 1 is 1.41 bits per heavy atom. The molecule has 17 heavy (non-hydrogen) atoms. The first-order valence-corrected chi connectivity index (χ1v) is 5.71. The van der Waals surface area contributed by atoms with Gasteiger partial charge in [-0.25, -0.2) is 0 Å². The van der Waals surface area contributed by atoms with Crippen LogP contribution in [0.3, 0.4) is 0 Å². The second kappa shape index (κ2) is 5.68. The summed E-state index contributed by atoms with van der Waals surface area (Å²) in [5.74, 6) is 0.363. The summed E-state index contributed by atoms with van der Waals surface area (Å²) in [5, 5.41) is 0. The van der Waals surface area contributed by atoms with Crippen LogP contribution in [0.25, 0.3) is 0 Å². The lowest BCUT2D eigenvalue weighted by molar-refractivity contribution is 0.0995. The zero-order valence-corrected chi connectivity index (χ0v) is 10.6. The van der Waals surface area contributed by atoms with Crippen molar-refractivity contribution < 1.29 is 9.53 Å². The number of carbonyl (C=O) groups is 1. The van der Waals surface area contributed by atoms with E-state index in [1.165, 1.54) is 0 Å². The van der Waals surface area contributed by atoms with Crippen molar-refractivity contribution in [3.8, 4) is 5.75 Å². The Labute approximate surface area is 102 Å². The van der Waals surface area contributed by atoms with Gasteiger partial charge in [0.1, 0.15) is 12.4 Å². The first-order valence-electron chi connectivity index (χ1n) is 5.71. The minimum absolute atomic E-state index is 0.0590. The van der Waals surface area contributed by atoms with Crippen LogP contribution in [0.2, 0.25) is 0 Å². The number of aryl methyl sites for hydroxylation is 1. The predicted molar refractivity (Wildman–Crippen MR) is 68.0 cm³/mol. The van der Waals surface area contributed by atoms with E-state index in [1.807, 2.05) is 32.9 Å². The summed E-state index contributed by atoms with van der Waals surface area (Å²) in [6.07, 6.45) is 0. The van der Waals surface area contributed by atoms with Crippen LogP contribution in [0.15, 0.2) is 18.2 Å². The number of hydrogen-bond acceptors (Lipinski definition) is 3. The third kappa shape index (κ3) is 3.46.